The number of para-hydroxylation sites is 1. The summed E-state index contributed by atoms with van der Waals surface area (Å²) < 4.78 is 11.0. The highest BCUT2D eigenvalue weighted by Gasteiger charge is 1.94. The Balaban J connectivity index is 1.85. The molecule has 0 saturated heterocycles. The molecule has 0 atom stereocenters. The molecule has 1 aromatic rings. The molecule has 0 saturated carbocycles. The van der Waals surface area contributed by atoms with Crippen LogP contribution in [-0.2, 0) is 4.74 Å². The van der Waals surface area contributed by atoms with Crippen LogP contribution < -0.4 is 15.8 Å². The van der Waals surface area contributed by atoms with Crippen molar-refractivity contribution in [2.45, 2.75) is 6.42 Å². The molecule has 0 spiro atoms. The summed E-state index contributed by atoms with van der Waals surface area (Å²) in [5, 5.41) is 2.27. The van der Waals surface area contributed by atoms with Gasteiger partial charge in [-0.1, -0.05) is 18.2 Å². The van der Waals surface area contributed by atoms with Crippen LogP contribution >= 0.6 is 0 Å². The van der Waals surface area contributed by atoms with E-state index in [1.807, 2.05) is 30.3 Å². The molecule has 0 amide bonds. The third-order valence-electron chi connectivity index (χ3n) is 2.36. The molecule has 0 radical (unpaired) electrons. The normalized spacial score (nSPS) is 10.4. The van der Waals surface area contributed by atoms with Crippen molar-refractivity contribution >= 4 is 0 Å². The Kier molecular flexibility index (Phi) is 8.28. The molecule has 4 heteroatoms. The highest BCUT2D eigenvalue weighted by atomic mass is 16.5. The summed E-state index contributed by atoms with van der Waals surface area (Å²) in [4.78, 5) is 0. The van der Waals surface area contributed by atoms with E-state index in [0.717, 1.165) is 32.0 Å². The third kappa shape index (κ3) is 7.74. The minimum absolute atomic E-state index is 0.614. The first-order chi connectivity index (χ1) is 8.43. The zero-order valence-corrected chi connectivity index (χ0v) is 10.4. The van der Waals surface area contributed by atoms with Crippen molar-refractivity contribution in [3.8, 4) is 5.75 Å². The molecule has 0 unspecified atom stereocenters. The number of hydrogen-bond acceptors (Lipinski definition) is 2. The van der Waals surface area contributed by atoms with E-state index in [9.17, 15) is 0 Å². The van der Waals surface area contributed by atoms with Gasteiger partial charge in [0.15, 0.2) is 0 Å². The second-order valence-electron chi connectivity index (χ2n) is 3.85. The maximum Gasteiger partial charge on any atom is 0.119 e. The molecule has 0 aromatic heterocycles. The van der Waals surface area contributed by atoms with Crippen LogP contribution in [0, 0.1) is 0 Å². The van der Waals surface area contributed by atoms with Crippen LogP contribution in [0.4, 0.5) is 0 Å². The quantitative estimate of drug-likeness (QED) is 0.530. The molecule has 1 rings (SSSR count). The van der Waals surface area contributed by atoms with Crippen LogP contribution in [-0.4, -0.2) is 39.5 Å². The van der Waals surface area contributed by atoms with Gasteiger partial charge in [-0.2, -0.15) is 0 Å². The summed E-state index contributed by atoms with van der Waals surface area (Å²) in [5.74, 6) is 0.901. The van der Waals surface area contributed by atoms with E-state index in [1.165, 1.54) is 6.42 Å². The SMILES string of the molecule is [NH3+]CCC[NH2+]CCOCCOc1ccccc1. The minimum atomic E-state index is 0.614. The van der Waals surface area contributed by atoms with Gasteiger partial charge in [-0.15, -0.1) is 0 Å². The molecular formula is C13H24N2O2+2. The Labute approximate surface area is 103 Å². The Morgan fingerprint density at radius 2 is 1.82 bits per heavy atom. The van der Waals surface area contributed by atoms with Gasteiger partial charge in [0, 0.05) is 6.42 Å². The van der Waals surface area contributed by atoms with Gasteiger partial charge < -0.3 is 20.5 Å². The number of rotatable bonds is 10. The lowest BCUT2D eigenvalue weighted by molar-refractivity contribution is -0.658. The largest absolute Gasteiger partial charge is 0.491 e. The average molecular weight is 240 g/mol. The molecule has 96 valence electrons. The maximum absolute atomic E-state index is 5.51. The predicted octanol–water partition coefficient (Wildman–Crippen LogP) is -0.723. The molecule has 0 aliphatic heterocycles. The van der Waals surface area contributed by atoms with Gasteiger partial charge in [0.1, 0.15) is 12.4 Å². The summed E-state index contributed by atoms with van der Waals surface area (Å²) in [6.45, 7) is 5.23. The molecule has 0 fully saturated rings. The van der Waals surface area contributed by atoms with Crippen LogP contribution in [0.3, 0.4) is 0 Å². The van der Waals surface area contributed by atoms with Gasteiger partial charge in [-0.3, -0.25) is 0 Å². The second-order valence-corrected chi connectivity index (χ2v) is 3.85. The van der Waals surface area contributed by atoms with Crippen molar-refractivity contribution in [2.24, 2.45) is 0 Å². The van der Waals surface area contributed by atoms with E-state index in [0.29, 0.717) is 13.2 Å². The molecule has 17 heavy (non-hydrogen) atoms. The smallest absolute Gasteiger partial charge is 0.119 e. The van der Waals surface area contributed by atoms with Gasteiger partial charge >= 0.3 is 0 Å². The Bertz CT molecular complexity index is 267. The Morgan fingerprint density at radius 1 is 1.00 bits per heavy atom. The van der Waals surface area contributed by atoms with E-state index in [4.69, 9.17) is 9.47 Å². The van der Waals surface area contributed by atoms with E-state index < -0.39 is 0 Å². The Morgan fingerprint density at radius 3 is 2.59 bits per heavy atom. The number of quaternary nitrogens is 2. The highest BCUT2D eigenvalue weighted by Crippen LogP contribution is 2.07. The topological polar surface area (TPSA) is 62.7 Å². The van der Waals surface area contributed by atoms with E-state index in [1.54, 1.807) is 0 Å². The number of nitrogens with two attached hydrogens (primary N) is 1. The van der Waals surface area contributed by atoms with Gasteiger partial charge in [0.2, 0.25) is 0 Å². The van der Waals surface area contributed by atoms with Crippen LogP contribution in [0.1, 0.15) is 6.42 Å². The lowest BCUT2D eigenvalue weighted by atomic mass is 10.3. The van der Waals surface area contributed by atoms with Gasteiger partial charge in [-0.05, 0) is 12.1 Å². The molecule has 1 aromatic carbocycles. The summed E-state index contributed by atoms with van der Waals surface area (Å²) in [5.41, 5.74) is 3.81. The Hall–Kier alpha value is -1.10. The molecule has 0 bridgehead atoms. The third-order valence-corrected chi connectivity index (χ3v) is 2.36. The van der Waals surface area contributed by atoms with Gasteiger partial charge in [0.05, 0.1) is 32.8 Å². The average Bonchev–Trinajstić information content (AvgIpc) is 2.38. The zero-order valence-electron chi connectivity index (χ0n) is 10.4. The number of ether oxygens (including phenoxy) is 2. The monoisotopic (exact) mass is 240 g/mol. The lowest BCUT2D eigenvalue weighted by Crippen LogP contribution is -2.85. The van der Waals surface area contributed by atoms with Gasteiger partial charge in [-0.25, -0.2) is 0 Å². The maximum atomic E-state index is 5.51. The first kappa shape index (κ1) is 14.0. The minimum Gasteiger partial charge on any atom is -0.491 e. The fourth-order valence-electron chi connectivity index (χ4n) is 1.44. The van der Waals surface area contributed by atoms with Crippen molar-refractivity contribution < 1.29 is 20.5 Å². The van der Waals surface area contributed by atoms with Gasteiger partial charge in [0.25, 0.3) is 0 Å². The molecule has 0 heterocycles. The van der Waals surface area contributed by atoms with E-state index in [-0.39, 0.29) is 0 Å². The van der Waals surface area contributed by atoms with E-state index in [2.05, 4.69) is 11.1 Å². The lowest BCUT2D eigenvalue weighted by Gasteiger charge is -2.06. The molecule has 5 N–H and O–H groups in total. The van der Waals surface area contributed by atoms with Crippen molar-refractivity contribution in [1.82, 2.24) is 0 Å². The fourth-order valence-corrected chi connectivity index (χ4v) is 1.44. The van der Waals surface area contributed by atoms with Crippen molar-refractivity contribution in [1.29, 1.82) is 0 Å². The van der Waals surface area contributed by atoms with Crippen LogP contribution in [0.2, 0.25) is 0 Å². The van der Waals surface area contributed by atoms with Crippen molar-refractivity contribution in [3.05, 3.63) is 30.3 Å². The summed E-state index contributed by atoms with van der Waals surface area (Å²) in [6, 6.07) is 9.81. The molecular weight excluding hydrogens is 216 g/mol. The molecule has 0 aliphatic rings. The van der Waals surface area contributed by atoms with Crippen LogP contribution in [0.5, 0.6) is 5.75 Å². The standard InChI is InChI=1S/C13H22N2O2/c14-7-4-8-15-9-10-16-11-12-17-13-5-2-1-3-6-13/h1-3,5-6,15H,4,7-12,14H2/p+2. The first-order valence-corrected chi connectivity index (χ1v) is 6.30. The summed E-state index contributed by atoms with van der Waals surface area (Å²) >= 11 is 0. The predicted molar refractivity (Wildman–Crippen MR) is 66.8 cm³/mol. The highest BCUT2D eigenvalue weighted by molar-refractivity contribution is 5.20. The first-order valence-electron chi connectivity index (χ1n) is 6.30. The second kappa shape index (κ2) is 10.1. The fraction of sp³-hybridized carbons (Fsp3) is 0.538. The molecule has 4 nitrogen and oxygen atoms in total. The zero-order chi connectivity index (χ0) is 12.2. The van der Waals surface area contributed by atoms with Crippen LogP contribution in [0.15, 0.2) is 30.3 Å². The molecule has 0 aliphatic carbocycles. The van der Waals surface area contributed by atoms with Crippen molar-refractivity contribution in [2.75, 3.05) is 39.5 Å². The summed E-state index contributed by atoms with van der Waals surface area (Å²) in [7, 11) is 0. The number of hydrogen-bond donors (Lipinski definition) is 2. The van der Waals surface area contributed by atoms with Crippen LogP contribution in [0.25, 0.3) is 0 Å². The number of benzene rings is 1. The van der Waals surface area contributed by atoms with Crippen molar-refractivity contribution in [3.63, 3.8) is 0 Å². The summed E-state index contributed by atoms with van der Waals surface area (Å²) in [6.07, 6.45) is 1.18. The van der Waals surface area contributed by atoms with E-state index >= 15 is 0 Å².